The molecule has 27 heavy (non-hydrogen) atoms. The van der Waals surface area contributed by atoms with Crippen molar-refractivity contribution in [2.75, 3.05) is 20.8 Å². The van der Waals surface area contributed by atoms with Gasteiger partial charge in [-0.05, 0) is 30.3 Å². The molecular weight excluding hydrogens is 416 g/mol. The van der Waals surface area contributed by atoms with Crippen LogP contribution in [0.15, 0.2) is 46.9 Å². The molecule has 0 unspecified atom stereocenters. The molecule has 0 N–H and O–H groups in total. The van der Waals surface area contributed by atoms with Crippen molar-refractivity contribution in [1.82, 2.24) is 0 Å². The summed E-state index contributed by atoms with van der Waals surface area (Å²) in [7, 11) is 2.93. The van der Waals surface area contributed by atoms with E-state index in [9.17, 15) is 14.4 Å². The van der Waals surface area contributed by atoms with Crippen molar-refractivity contribution in [2.24, 2.45) is 0 Å². The Labute approximate surface area is 165 Å². The summed E-state index contributed by atoms with van der Waals surface area (Å²) in [4.78, 5) is 36.4. The maximum absolute atomic E-state index is 12.3. The van der Waals surface area contributed by atoms with E-state index in [1.807, 2.05) is 0 Å². The molecule has 0 bridgehead atoms. The third kappa shape index (κ3) is 5.65. The van der Waals surface area contributed by atoms with E-state index in [0.717, 1.165) is 4.47 Å². The van der Waals surface area contributed by atoms with E-state index in [2.05, 4.69) is 15.9 Å². The Kier molecular flexibility index (Phi) is 7.55. The lowest BCUT2D eigenvalue weighted by molar-refractivity contribution is -0.142. The molecule has 0 saturated heterocycles. The van der Waals surface area contributed by atoms with E-state index >= 15 is 0 Å². The normalized spacial score (nSPS) is 10.2. The molecule has 0 aliphatic heterocycles. The fourth-order valence-corrected chi connectivity index (χ4v) is 2.78. The van der Waals surface area contributed by atoms with Gasteiger partial charge in [-0.25, -0.2) is 0 Å². The second-order valence-corrected chi connectivity index (χ2v) is 6.47. The highest BCUT2D eigenvalue weighted by Gasteiger charge is 2.17. The number of para-hydroxylation sites is 1. The second-order valence-electron chi connectivity index (χ2n) is 5.55. The zero-order valence-electron chi connectivity index (χ0n) is 15.0. The summed E-state index contributed by atoms with van der Waals surface area (Å²) in [5, 5.41) is 0. The third-order valence-corrected chi connectivity index (χ3v) is 4.28. The van der Waals surface area contributed by atoms with E-state index in [0.29, 0.717) is 22.6 Å². The number of rotatable bonds is 9. The standard InChI is InChI=1S/C20H19BrO6/c1-25-18-6-4-3-5-14(18)17(23)12-27-20(24)10-8-16(22)15-11-13(21)7-9-19(15)26-2/h3-7,9,11H,8,10,12H2,1-2H3. The van der Waals surface area contributed by atoms with Crippen molar-refractivity contribution in [2.45, 2.75) is 12.8 Å². The quantitative estimate of drug-likeness (QED) is 0.440. The number of hydrogen-bond donors (Lipinski definition) is 0. The number of ether oxygens (including phenoxy) is 3. The molecule has 0 radical (unpaired) electrons. The zero-order chi connectivity index (χ0) is 19.8. The number of esters is 1. The van der Waals surface area contributed by atoms with Crippen LogP contribution in [-0.4, -0.2) is 38.4 Å². The number of benzene rings is 2. The van der Waals surface area contributed by atoms with E-state index < -0.39 is 12.6 Å². The van der Waals surface area contributed by atoms with Gasteiger partial charge in [0.2, 0.25) is 5.78 Å². The van der Waals surface area contributed by atoms with Crippen LogP contribution in [0.25, 0.3) is 0 Å². The van der Waals surface area contributed by atoms with Crippen molar-refractivity contribution in [3.05, 3.63) is 58.1 Å². The smallest absolute Gasteiger partial charge is 0.306 e. The molecule has 0 saturated carbocycles. The fraction of sp³-hybridized carbons (Fsp3) is 0.250. The van der Waals surface area contributed by atoms with Crippen molar-refractivity contribution >= 4 is 33.5 Å². The van der Waals surface area contributed by atoms with Crippen molar-refractivity contribution in [3.8, 4) is 11.5 Å². The van der Waals surface area contributed by atoms with Crippen LogP contribution in [-0.2, 0) is 9.53 Å². The molecule has 0 spiro atoms. The lowest BCUT2D eigenvalue weighted by Crippen LogP contribution is -2.16. The molecule has 0 aliphatic carbocycles. The van der Waals surface area contributed by atoms with Crippen LogP contribution in [0.1, 0.15) is 33.6 Å². The van der Waals surface area contributed by atoms with Crippen LogP contribution < -0.4 is 9.47 Å². The molecule has 6 nitrogen and oxygen atoms in total. The first-order valence-corrected chi connectivity index (χ1v) is 8.94. The van der Waals surface area contributed by atoms with Crippen LogP contribution in [0.5, 0.6) is 11.5 Å². The highest BCUT2D eigenvalue weighted by molar-refractivity contribution is 9.10. The average Bonchev–Trinajstić information content (AvgIpc) is 2.69. The van der Waals surface area contributed by atoms with E-state index in [1.165, 1.54) is 14.2 Å². The first kappa shape index (κ1) is 20.6. The molecule has 0 amide bonds. The number of carbonyl (C=O) groups excluding carboxylic acids is 3. The second kappa shape index (κ2) is 9.87. The molecule has 2 rings (SSSR count). The van der Waals surface area contributed by atoms with Gasteiger partial charge in [0.05, 0.1) is 31.8 Å². The molecule has 2 aromatic carbocycles. The van der Waals surface area contributed by atoms with Crippen LogP contribution >= 0.6 is 15.9 Å². The first-order valence-electron chi connectivity index (χ1n) is 8.14. The van der Waals surface area contributed by atoms with Gasteiger partial charge >= 0.3 is 5.97 Å². The van der Waals surface area contributed by atoms with Crippen LogP contribution in [0.4, 0.5) is 0 Å². The summed E-state index contributed by atoms with van der Waals surface area (Å²) < 4.78 is 16.0. The molecule has 0 aromatic heterocycles. The average molecular weight is 435 g/mol. The molecule has 2 aromatic rings. The largest absolute Gasteiger partial charge is 0.496 e. The van der Waals surface area contributed by atoms with Crippen molar-refractivity contribution < 1.29 is 28.6 Å². The Morgan fingerprint density at radius 2 is 1.52 bits per heavy atom. The van der Waals surface area contributed by atoms with Gasteiger partial charge in [-0.3, -0.25) is 14.4 Å². The van der Waals surface area contributed by atoms with E-state index in [-0.39, 0.29) is 24.4 Å². The lowest BCUT2D eigenvalue weighted by Gasteiger charge is -2.09. The number of carbonyl (C=O) groups is 3. The predicted molar refractivity (Wildman–Crippen MR) is 103 cm³/mol. The minimum Gasteiger partial charge on any atom is -0.496 e. The Bertz CT molecular complexity index is 846. The lowest BCUT2D eigenvalue weighted by atomic mass is 10.1. The maximum Gasteiger partial charge on any atom is 0.306 e. The van der Waals surface area contributed by atoms with E-state index in [4.69, 9.17) is 14.2 Å². The number of methoxy groups -OCH3 is 2. The summed E-state index contributed by atoms with van der Waals surface area (Å²) in [6.45, 7) is -0.409. The molecule has 7 heteroatoms. The molecular formula is C20H19BrO6. The Morgan fingerprint density at radius 1 is 0.852 bits per heavy atom. The van der Waals surface area contributed by atoms with Gasteiger partial charge < -0.3 is 14.2 Å². The maximum atomic E-state index is 12.3. The molecule has 0 fully saturated rings. The first-order chi connectivity index (χ1) is 13.0. The highest BCUT2D eigenvalue weighted by atomic mass is 79.9. The highest BCUT2D eigenvalue weighted by Crippen LogP contribution is 2.24. The minimum absolute atomic E-state index is 0.0471. The van der Waals surface area contributed by atoms with Gasteiger partial charge in [-0.1, -0.05) is 28.1 Å². The summed E-state index contributed by atoms with van der Waals surface area (Å²) in [5.41, 5.74) is 0.715. The van der Waals surface area contributed by atoms with Crippen molar-refractivity contribution in [3.63, 3.8) is 0 Å². The molecule has 0 atom stereocenters. The molecule has 0 aliphatic rings. The van der Waals surface area contributed by atoms with Crippen LogP contribution in [0.3, 0.4) is 0 Å². The summed E-state index contributed by atoms with van der Waals surface area (Å²) in [6.07, 6.45) is -0.178. The van der Waals surface area contributed by atoms with Gasteiger partial charge in [-0.15, -0.1) is 0 Å². The Hall–Kier alpha value is -2.67. The number of hydrogen-bond acceptors (Lipinski definition) is 6. The predicted octanol–water partition coefficient (Wildman–Crippen LogP) is 3.86. The summed E-state index contributed by atoms with van der Waals surface area (Å²) >= 11 is 3.30. The monoisotopic (exact) mass is 434 g/mol. The van der Waals surface area contributed by atoms with Crippen LogP contribution in [0, 0.1) is 0 Å². The topological polar surface area (TPSA) is 78.9 Å². The summed E-state index contributed by atoms with van der Waals surface area (Å²) in [5.74, 6) is -0.402. The minimum atomic E-state index is -0.624. The Balaban J connectivity index is 1.88. The van der Waals surface area contributed by atoms with Gasteiger partial charge in [0.25, 0.3) is 0 Å². The number of halogens is 1. The van der Waals surface area contributed by atoms with Gasteiger partial charge in [-0.2, -0.15) is 0 Å². The summed E-state index contributed by atoms with van der Waals surface area (Å²) in [6, 6.07) is 11.7. The van der Waals surface area contributed by atoms with E-state index in [1.54, 1.807) is 42.5 Å². The molecule has 0 heterocycles. The Morgan fingerprint density at radius 3 is 2.22 bits per heavy atom. The molecule has 142 valence electrons. The van der Waals surface area contributed by atoms with Gasteiger partial charge in [0.15, 0.2) is 12.4 Å². The number of ketones is 2. The number of Topliss-reactive ketones (excluding diaryl/α,β-unsaturated/α-hetero) is 2. The fourth-order valence-electron chi connectivity index (χ4n) is 2.42. The zero-order valence-corrected chi connectivity index (χ0v) is 16.6. The van der Waals surface area contributed by atoms with Gasteiger partial charge in [0, 0.05) is 10.9 Å². The SMILES string of the molecule is COc1ccc(Br)cc1C(=O)CCC(=O)OCC(=O)c1ccccc1OC. The third-order valence-electron chi connectivity index (χ3n) is 3.79. The van der Waals surface area contributed by atoms with Crippen molar-refractivity contribution in [1.29, 1.82) is 0 Å². The van der Waals surface area contributed by atoms with Crippen LogP contribution in [0.2, 0.25) is 0 Å². The van der Waals surface area contributed by atoms with Gasteiger partial charge in [0.1, 0.15) is 11.5 Å².